The van der Waals surface area contributed by atoms with Gasteiger partial charge in [-0.2, -0.15) is 0 Å². The monoisotopic (exact) mass is 371 g/mol. The van der Waals surface area contributed by atoms with Crippen LogP contribution in [0.3, 0.4) is 0 Å². The molecular weight excluding hydrogens is 350 g/mol. The van der Waals surface area contributed by atoms with E-state index in [1.54, 1.807) is 0 Å². The van der Waals surface area contributed by atoms with E-state index < -0.39 is 25.5 Å². The first-order chi connectivity index (χ1) is 11.8. The van der Waals surface area contributed by atoms with Crippen LogP contribution >= 0.6 is 0 Å². The van der Waals surface area contributed by atoms with E-state index in [9.17, 15) is 23.3 Å². The van der Waals surface area contributed by atoms with Gasteiger partial charge in [0.2, 0.25) is 15.9 Å². The molecule has 10 heteroatoms. The molecular formula is C15H21N3O6S. The highest BCUT2D eigenvalue weighted by Gasteiger charge is 2.26. The first kappa shape index (κ1) is 19.1. The average Bonchev–Trinajstić information content (AvgIpc) is 3.12. The van der Waals surface area contributed by atoms with Gasteiger partial charge in [-0.1, -0.05) is 12.8 Å². The number of sulfonamides is 1. The van der Waals surface area contributed by atoms with E-state index in [0.29, 0.717) is 0 Å². The lowest BCUT2D eigenvalue weighted by Gasteiger charge is -2.11. The van der Waals surface area contributed by atoms with Crippen molar-refractivity contribution in [2.45, 2.75) is 30.6 Å². The molecule has 1 saturated carbocycles. The van der Waals surface area contributed by atoms with Gasteiger partial charge in [0, 0.05) is 19.0 Å². The molecule has 0 unspecified atom stereocenters. The maximum Gasteiger partial charge on any atom is 0.293 e. The summed E-state index contributed by atoms with van der Waals surface area (Å²) in [7, 11) is -2.74. The highest BCUT2D eigenvalue weighted by Crippen LogP contribution is 2.28. The molecule has 138 valence electrons. The molecule has 0 aromatic heterocycles. The van der Waals surface area contributed by atoms with E-state index in [1.807, 2.05) is 0 Å². The summed E-state index contributed by atoms with van der Waals surface area (Å²) < 4.78 is 31.7. The van der Waals surface area contributed by atoms with Crippen LogP contribution in [0.1, 0.15) is 25.7 Å². The van der Waals surface area contributed by atoms with E-state index in [0.717, 1.165) is 37.8 Å². The van der Waals surface area contributed by atoms with Crippen molar-refractivity contribution in [3.05, 3.63) is 28.3 Å². The van der Waals surface area contributed by atoms with Gasteiger partial charge in [0.25, 0.3) is 5.69 Å². The van der Waals surface area contributed by atoms with Gasteiger partial charge in [0.05, 0.1) is 18.1 Å². The zero-order valence-corrected chi connectivity index (χ0v) is 14.7. The van der Waals surface area contributed by atoms with Crippen molar-refractivity contribution in [3.8, 4) is 5.75 Å². The second-order valence-electron chi connectivity index (χ2n) is 5.76. The Labute approximate surface area is 145 Å². The third-order valence-electron chi connectivity index (χ3n) is 4.09. The van der Waals surface area contributed by atoms with Gasteiger partial charge in [0.15, 0.2) is 4.90 Å². The van der Waals surface area contributed by atoms with Crippen molar-refractivity contribution in [2.75, 3.05) is 20.2 Å². The van der Waals surface area contributed by atoms with Crippen molar-refractivity contribution in [1.29, 1.82) is 0 Å². The fourth-order valence-corrected chi connectivity index (χ4v) is 3.96. The van der Waals surface area contributed by atoms with Crippen LogP contribution in [-0.4, -0.2) is 39.4 Å². The number of carbonyl (C=O) groups excluding carboxylic acids is 1. The lowest BCUT2D eigenvalue weighted by atomic mass is 10.1. The molecule has 9 nitrogen and oxygen atoms in total. The maximum absolute atomic E-state index is 12.3. The summed E-state index contributed by atoms with van der Waals surface area (Å²) in [5, 5.41) is 13.8. The number of carbonyl (C=O) groups is 1. The van der Waals surface area contributed by atoms with E-state index in [4.69, 9.17) is 4.74 Å². The van der Waals surface area contributed by atoms with Gasteiger partial charge in [-0.3, -0.25) is 14.9 Å². The van der Waals surface area contributed by atoms with Gasteiger partial charge >= 0.3 is 0 Å². The number of methoxy groups -OCH3 is 1. The molecule has 0 heterocycles. The van der Waals surface area contributed by atoms with Crippen LogP contribution < -0.4 is 14.8 Å². The molecule has 0 bridgehead atoms. The molecule has 1 aliphatic carbocycles. The van der Waals surface area contributed by atoms with Crippen molar-refractivity contribution in [3.63, 3.8) is 0 Å². The second kappa shape index (κ2) is 8.26. The van der Waals surface area contributed by atoms with Crippen LogP contribution in [0.15, 0.2) is 23.1 Å². The first-order valence-corrected chi connectivity index (χ1v) is 9.43. The van der Waals surface area contributed by atoms with E-state index >= 15 is 0 Å². The van der Waals surface area contributed by atoms with Crippen LogP contribution in [0.4, 0.5) is 5.69 Å². The summed E-state index contributed by atoms with van der Waals surface area (Å²) >= 11 is 0. The second-order valence-corrected chi connectivity index (χ2v) is 7.50. The molecule has 25 heavy (non-hydrogen) atoms. The fraction of sp³-hybridized carbons (Fsp3) is 0.533. The number of nitrogens with one attached hydrogen (secondary N) is 2. The van der Waals surface area contributed by atoms with Crippen LogP contribution in [0, 0.1) is 16.0 Å². The Morgan fingerprint density at radius 2 is 2.00 bits per heavy atom. The molecule has 2 N–H and O–H groups in total. The third kappa shape index (κ3) is 4.89. The van der Waals surface area contributed by atoms with Crippen molar-refractivity contribution >= 4 is 21.6 Å². The van der Waals surface area contributed by atoms with Gasteiger partial charge in [-0.05, 0) is 25.0 Å². The number of hydrogen-bond donors (Lipinski definition) is 2. The van der Waals surface area contributed by atoms with Gasteiger partial charge in [0.1, 0.15) is 5.75 Å². The fourth-order valence-electron chi connectivity index (χ4n) is 2.78. The van der Waals surface area contributed by atoms with Gasteiger partial charge in [-0.25, -0.2) is 13.1 Å². The Balaban J connectivity index is 1.97. The number of hydrogen-bond acceptors (Lipinski definition) is 6. The smallest absolute Gasteiger partial charge is 0.293 e. The minimum Gasteiger partial charge on any atom is -0.497 e. The Morgan fingerprint density at radius 1 is 1.32 bits per heavy atom. The number of ether oxygens (including phenoxy) is 1. The minimum atomic E-state index is -4.08. The summed E-state index contributed by atoms with van der Waals surface area (Å²) in [6.07, 6.45) is 3.78. The number of benzene rings is 1. The number of rotatable bonds is 8. The predicted molar refractivity (Wildman–Crippen MR) is 89.8 cm³/mol. The summed E-state index contributed by atoms with van der Waals surface area (Å²) in [6.45, 7) is 0.0719. The topological polar surface area (TPSA) is 128 Å². The van der Waals surface area contributed by atoms with Crippen LogP contribution in [0.25, 0.3) is 0 Å². The zero-order valence-electron chi connectivity index (χ0n) is 13.9. The molecule has 0 aliphatic heterocycles. The predicted octanol–water partition coefficient (Wildman–Crippen LogP) is 1.19. The van der Waals surface area contributed by atoms with E-state index in [-0.39, 0.29) is 30.7 Å². The molecule has 0 spiro atoms. The van der Waals surface area contributed by atoms with Crippen molar-refractivity contribution in [1.82, 2.24) is 10.0 Å². The summed E-state index contributed by atoms with van der Waals surface area (Å²) in [5.74, 6) is 0.112. The standard InChI is InChI=1S/C15H21N3O6S/c1-24-12-6-7-14(13(10-12)18(20)21)25(22,23)17-9-8-16-15(19)11-4-2-3-5-11/h6-7,10-11,17H,2-5,8-9H2,1H3,(H,16,19). The molecule has 1 fully saturated rings. The normalized spacial score (nSPS) is 15.1. The summed E-state index contributed by atoms with van der Waals surface area (Å²) in [5.41, 5.74) is -0.568. The first-order valence-electron chi connectivity index (χ1n) is 7.95. The summed E-state index contributed by atoms with van der Waals surface area (Å²) in [4.78, 5) is 21.7. The largest absolute Gasteiger partial charge is 0.497 e. The average molecular weight is 371 g/mol. The van der Waals surface area contributed by atoms with Crippen molar-refractivity contribution in [2.24, 2.45) is 5.92 Å². The maximum atomic E-state index is 12.3. The molecule has 1 amide bonds. The lowest BCUT2D eigenvalue weighted by molar-refractivity contribution is -0.387. The highest BCUT2D eigenvalue weighted by molar-refractivity contribution is 7.89. The highest BCUT2D eigenvalue weighted by atomic mass is 32.2. The Morgan fingerprint density at radius 3 is 2.60 bits per heavy atom. The molecule has 0 radical (unpaired) electrons. The van der Waals surface area contributed by atoms with Gasteiger partial charge in [-0.15, -0.1) is 0 Å². The molecule has 1 aromatic rings. The van der Waals surface area contributed by atoms with Crippen molar-refractivity contribution < 1.29 is 22.9 Å². The number of nitro benzene ring substituents is 1. The van der Waals surface area contributed by atoms with Crippen LogP contribution in [0.5, 0.6) is 5.75 Å². The Kier molecular flexibility index (Phi) is 6.32. The molecule has 0 atom stereocenters. The Bertz CT molecular complexity index is 744. The number of nitro groups is 1. The SMILES string of the molecule is COc1ccc(S(=O)(=O)NCCNC(=O)C2CCCC2)c([N+](=O)[O-])c1. The van der Waals surface area contributed by atoms with E-state index in [1.165, 1.54) is 13.2 Å². The number of nitrogens with zero attached hydrogens (tertiary/aromatic N) is 1. The number of amides is 1. The molecule has 1 aliphatic rings. The minimum absolute atomic E-state index is 0.000664. The molecule has 1 aromatic carbocycles. The Hall–Kier alpha value is -2.20. The van der Waals surface area contributed by atoms with Crippen LogP contribution in [-0.2, 0) is 14.8 Å². The van der Waals surface area contributed by atoms with Gasteiger partial charge < -0.3 is 10.1 Å². The molecule has 0 saturated heterocycles. The third-order valence-corrected chi connectivity index (χ3v) is 5.60. The lowest BCUT2D eigenvalue weighted by Crippen LogP contribution is -2.37. The van der Waals surface area contributed by atoms with Crippen LogP contribution in [0.2, 0.25) is 0 Å². The quantitative estimate of drug-likeness (QED) is 0.401. The summed E-state index contributed by atoms with van der Waals surface area (Å²) in [6, 6.07) is 3.51. The van der Waals surface area contributed by atoms with E-state index in [2.05, 4.69) is 10.0 Å². The zero-order chi connectivity index (χ0) is 18.4. The molecule has 2 rings (SSSR count).